The van der Waals surface area contributed by atoms with Crippen LogP contribution in [0, 0.1) is 0 Å². The van der Waals surface area contributed by atoms with Crippen molar-refractivity contribution in [3.05, 3.63) is 67.1 Å². The minimum absolute atomic E-state index is 0.184. The standard InChI is InChI=1S/C20H18N4O3/c1-26-8-7-22-20(25)17-9-16-5-4-15(14-3-2-6-21-10-14)11-24(16)19(17)18-12-27-13-23-18/h2-6,9-13H,7-8H2,1H3,(H,22,25). The summed E-state index contributed by atoms with van der Waals surface area (Å²) in [4.78, 5) is 21.1. The van der Waals surface area contributed by atoms with E-state index in [0.29, 0.717) is 30.1 Å². The van der Waals surface area contributed by atoms with Gasteiger partial charge in [0.05, 0.1) is 17.9 Å². The second-order valence-corrected chi connectivity index (χ2v) is 5.98. The van der Waals surface area contributed by atoms with Crippen molar-refractivity contribution in [2.24, 2.45) is 0 Å². The first-order valence-electron chi connectivity index (χ1n) is 8.49. The number of hydrogen-bond donors (Lipinski definition) is 1. The fourth-order valence-corrected chi connectivity index (χ4v) is 3.00. The number of amides is 1. The number of carbonyl (C=O) groups is 1. The summed E-state index contributed by atoms with van der Waals surface area (Å²) in [6, 6.07) is 9.71. The van der Waals surface area contributed by atoms with E-state index in [1.807, 2.05) is 40.9 Å². The van der Waals surface area contributed by atoms with E-state index >= 15 is 0 Å². The number of oxazole rings is 1. The molecular formula is C20H18N4O3. The van der Waals surface area contributed by atoms with E-state index < -0.39 is 0 Å². The number of pyridine rings is 2. The van der Waals surface area contributed by atoms with Gasteiger partial charge in [-0.1, -0.05) is 12.1 Å². The van der Waals surface area contributed by atoms with E-state index in [4.69, 9.17) is 9.15 Å². The lowest BCUT2D eigenvalue weighted by Gasteiger charge is -2.07. The van der Waals surface area contributed by atoms with Crippen LogP contribution < -0.4 is 5.32 Å². The zero-order valence-electron chi connectivity index (χ0n) is 14.8. The van der Waals surface area contributed by atoms with Crippen LogP contribution in [0.4, 0.5) is 0 Å². The molecule has 4 aromatic rings. The monoisotopic (exact) mass is 362 g/mol. The highest BCUT2D eigenvalue weighted by molar-refractivity contribution is 6.02. The minimum atomic E-state index is -0.184. The summed E-state index contributed by atoms with van der Waals surface area (Å²) in [6.07, 6.45) is 8.40. The number of rotatable bonds is 6. The normalized spacial score (nSPS) is 11.0. The zero-order valence-corrected chi connectivity index (χ0v) is 14.8. The first-order chi connectivity index (χ1) is 13.3. The van der Waals surface area contributed by atoms with Gasteiger partial charge in [-0.25, -0.2) is 4.98 Å². The van der Waals surface area contributed by atoms with E-state index in [2.05, 4.69) is 15.3 Å². The molecule has 136 valence electrons. The Kier molecular flexibility index (Phi) is 4.67. The maximum atomic E-state index is 12.7. The number of aromatic nitrogens is 3. The summed E-state index contributed by atoms with van der Waals surface area (Å²) in [6.45, 7) is 0.879. The third-order valence-corrected chi connectivity index (χ3v) is 4.27. The van der Waals surface area contributed by atoms with E-state index in [1.54, 1.807) is 19.5 Å². The molecule has 0 aliphatic rings. The second-order valence-electron chi connectivity index (χ2n) is 5.98. The molecular weight excluding hydrogens is 344 g/mol. The molecule has 4 aromatic heterocycles. The lowest BCUT2D eigenvalue weighted by atomic mass is 10.1. The zero-order chi connectivity index (χ0) is 18.6. The van der Waals surface area contributed by atoms with E-state index in [1.165, 1.54) is 12.7 Å². The average Bonchev–Trinajstić information content (AvgIpc) is 3.35. The third-order valence-electron chi connectivity index (χ3n) is 4.27. The van der Waals surface area contributed by atoms with Gasteiger partial charge in [0.15, 0.2) is 6.39 Å². The minimum Gasteiger partial charge on any atom is -0.451 e. The lowest BCUT2D eigenvalue weighted by Crippen LogP contribution is -2.27. The van der Waals surface area contributed by atoms with Gasteiger partial charge < -0.3 is 18.9 Å². The molecule has 0 saturated heterocycles. The Balaban J connectivity index is 1.83. The Morgan fingerprint density at radius 2 is 2.22 bits per heavy atom. The van der Waals surface area contributed by atoms with Gasteiger partial charge in [-0.2, -0.15) is 0 Å². The summed E-state index contributed by atoms with van der Waals surface area (Å²) in [5, 5.41) is 2.86. The smallest absolute Gasteiger partial charge is 0.253 e. The summed E-state index contributed by atoms with van der Waals surface area (Å²) in [5.41, 5.74) is 4.67. The van der Waals surface area contributed by atoms with Gasteiger partial charge in [0, 0.05) is 43.3 Å². The van der Waals surface area contributed by atoms with Crippen molar-refractivity contribution in [2.75, 3.05) is 20.3 Å². The van der Waals surface area contributed by atoms with E-state index in [9.17, 15) is 4.79 Å². The van der Waals surface area contributed by atoms with Crippen LogP contribution in [0.15, 0.2) is 66.0 Å². The molecule has 0 fully saturated rings. The predicted molar refractivity (Wildman–Crippen MR) is 100 cm³/mol. The van der Waals surface area contributed by atoms with Gasteiger partial charge in [-0.15, -0.1) is 0 Å². The summed E-state index contributed by atoms with van der Waals surface area (Å²) >= 11 is 0. The number of nitrogens with one attached hydrogen (secondary N) is 1. The Hall–Kier alpha value is -3.45. The van der Waals surface area contributed by atoms with Crippen LogP contribution in [-0.4, -0.2) is 40.5 Å². The molecule has 0 aliphatic heterocycles. The Bertz CT molecular complexity index is 1060. The largest absolute Gasteiger partial charge is 0.451 e. The molecule has 0 atom stereocenters. The Morgan fingerprint density at radius 1 is 1.30 bits per heavy atom. The van der Waals surface area contributed by atoms with Crippen molar-refractivity contribution in [3.63, 3.8) is 0 Å². The maximum absolute atomic E-state index is 12.7. The van der Waals surface area contributed by atoms with Gasteiger partial charge in [-0.05, 0) is 23.8 Å². The van der Waals surface area contributed by atoms with Crippen molar-refractivity contribution in [1.29, 1.82) is 0 Å². The highest BCUT2D eigenvalue weighted by Crippen LogP contribution is 2.29. The van der Waals surface area contributed by atoms with Crippen LogP contribution in [0.1, 0.15) is 10.4 Å². The third kappa shape index (κ3) is 3.32. The highest BCUT2D eigenvalue weighted by Gasteiger charge is 2.20. The SMILES string of the molecule is COCCNC(=O)c1cc2ccc(-c3cccnc3)cn2c1-c1cocn1. The molecule has 7 nitrogen and oxygen atoms in total. The fraction of sp³-hybridized carbons (Fsp3) is 0.150. The van der Waals surface area contributed by atoms with Crippen LogP contribution in [0.3, 0.4) is 0 Å². The molecule has 4 rings (SSSR count). The van der Waals surface area contributed by atoms with Crippen LogP contribution in [0.5, 0.6) is 0 Å². The molecule has 0 radical (unpaired) electrons. The number of methoxy groups -OCH3 is 1. The lowest BCUT2D eigenvalue weighted by molar-refractivity contribution is 0.0938. The van der Waals surface area contributed by atoms with Crippen LogP contribution in [0.2, 0.25) is 0 Å². The predicted octanol–water partition coefficient (Wildman–Crippen LogP) is 3.03. The van der Waals surface area contributed by atoms with Gasteiger partial charge >= 0.3 is 0 Å². The number of carbonyl (C=O) groups excluding carboxylic acids is 1. The molecule has 0 aliphatic carbocycles. The van der Waals surface area contributed by atoms with Crippen molar-refractivity contribution in [3.8, 4) is 22.5 Å². The van der Waals surface area contributed by atoms with Gasteiger partial charge in [-0.3, -0.25) is 9.78 Å². The van der Waals surface area contributed by atoms with Crippen LogP contribution in [0.25, 0.3) is 28.0 Å². The van der Waals surface area contributed by atoms with E-state index in [-0.39, 0.29) is 5.91 Å². The first kappa shape index (κ1) is 17.0. The molecule has 0 bridgehead atoms. The molecule has 0 aromatic carbocycles. The quantitative estimate of drug-likeness (QED) is 0.533. The number of hydrogen-bond acceptors (Lipinski definition) is 5. The van der Waals surface area contributed by atoms with Crippen LogP contribution in [-0.2, 0) is 4.74 Å². The average molecular weight is 362 g/mol. The molecule has 4 heterocycles. The maximum Gasteiger partial charge on any atom is 0.253 e. The van der Waals surface area contributed by atoms with E-state index in [0.717, 1.165) is 16.6 Å². The second kappa shape index (κ2) is 7.43. The number of ether oxygens (including phenoxy) is 1. The van der Waals surface area contributed by atoms with Crippen molar-refractivity contribution >= 4 is 11.4 Å². The summed E-state index contributed by atoms with van der Waals surface area (Å²) < 4.78 is 12.1. The number of nitrogens with zero attached hydrogens (tertiary/aromatic N) is 3. The molecule has 27 heavy (non-hydrogen) atoms. The fourth-order valence-electron chi connectivity index (χ4n) is 3.00. The summed E-state index contributed by atoms with van der Waals surface area (Å²) in [7, 11) is 1.60. The highest BCUT2D eigenvalue weighted by atomic mass is 16.5. The molecule has 1 amide bonds. The first-order valence-corrected chi connectivity index (χ1v) is 8.49. The molecule has 0 spiro atoms. The van der Waals surface area contributed by atoms with Crippen molar-refractivity contribution < 1.29 is 13.9 Å². The Morgan fingerprint density at radius 3 is 2.96 bits per heavy atom. The van der Waals surface area contributed by atoms with Crippen molar-refractivity contribution in [2.45, 2.75) is 0 Å². The topological polar surface area (TPSA) is 81.7 Å². The van der Waals surface area contributed by atoms with Gasteiger partial charge in [0.2, 0.25) is 0 Å². The van der Waals surface area contributed by atoms with Gasteiger partial charge in [0.1, 0.15) is 12.0 Å². The van der Waals surface area contributed by atoms with Crippen LogP contribution >= 0.6 is 0 Å². The van der Waals surface area contributed by atoms with Gasteiger partial charge in [0.25, 0.3) is 5.91 Å². The molecule has 0 unspecified atom stereocenters. The summed E-state index contributed by atoms with van der Waals surface area (Å²) in [5.74, 6) is -0.184. The molecule has 0 saturated carbocycles. The number of fused-ring (bicyclic) bond motifs is 1. The van der Waals surface area contributed by atoms with Crippen molar-refractivity contribution in [1.82, 2.24) is 19.7 Å². The molecule has 1 N–H and O–H groups in total. The molecule has 7 heteroatoms. The Labute approximate surface area is 155 Å².